The highest BCUT2D eigenvalue weighted by molar-refractivity contribution is 5.79. The molecule has 1 amide bonds. The number of fused-ring (bicyclic) bond motifs is 1. The first kappa shape index (κ1) is 34.9. The summed E-state index contributed by atoms with van der Waals surface area (Å²) in [5.41, 5.74) is 2.25. The van der Waals surface area contributed by atoms with Crippen LogP contribution in [0.5, 0.6) is 0 Å². The van der Waals surface area contributed by atoms with Gasteiger partial charge in [0, 0.05) is 56.4 Å². The number of carbonyl (C=O) groups is 1. The van der Waals surface area contributed by atoms with Crippen LogP contribution in [0.1, 0.15) is 73.1 Å². The molecule has 1 atom stereocenters. The zero-order valence-corrected chi connectivity index (χ0v) is 29.6. The number of nitrogens with zero attached hydrogens (tertiary/aromatic N) is 7. The second-order valence-electron chi connectivity index (χ2n) is 14.0. The Balaban J connectivity index is 1.37. The molecule has 11 heteroatoms. The molecule has 3 heterocycles. The molecular weight excluding hydrogens is 609 g/mol. The largest absolute Gasteiger partial charge is 0.424 e. The number of imidazole rings is 1. The monoisotopic (exact) mass is 659 g/mol. The summed E-state index contributed by atoms with van der Waals surface area (Å²) in [5.74, 6) is 1.13. The van der Waals surface area contributed by atoms with Crippen LogP contribution in [0.2, 0.25) is 0 Å². The Labute approximate surface area is 283 Å². The summed E-state index contributed by atoms with van der Waals surface area (Å²) >= 11 is 0. The maximum Gasteiger partial charge on any atom is 0.412 e. The van der Waals surface area contributed by atoms with Gasteiger partial charge in [0.25, 0.3) is 5.56 Å². The summed E-state index contributed by atoms with van der Waals surface area (Å²) in [6, 6.07) is 16.2. The van der Waals surface area contributed by atoms with Gasteiger partial charge in [-0.05, 0) is 69.4 Å². The van der Waals surface area contributed by atoms with Crippen LogP contribution < -0.4 is 15.4 Å². The van der Waals surface area contributed by atoms with Gasteiger partial charge in [-0.15, -0.1) is 0 Å². The van der Waals surface area contributed by atoms with Crippen molar-refractivity contribution in [3.8, 4) is 0 Å². The molecule has 0 saturated carbocycles. The maximum atomic E-state index is 13.6. The van der Waals surface area contributed by atoms with Crippen LogP contribution in [0.4, 0.5) is 21.1 Å². The molecule has 1 fully saturated rings. The molecule has 0 spiro atoms. The molecule has 1 aliphatic rings. The first-order chi connectivity index (χ1) is 22.8. The third kappa shape index (κ3) is 7.05. The number of aromatic nitrogens is 4. The quantitative estimate of drug-likeness (QED) is 0.173. The van der Waals surface area contributed by atoms with Crippen molar-refractivity contribution in [1.82, 2.24) is 24.0 Å². The van der Waals surface area contributed by atoms with Crippen molar-refractivity contribution in [2.24, 2.45) is 11.8 Å². The first-order valence-electron chi connectivity index (χ1n) is 17.1. The molecule has 0 aliphatic carbocycles. The first-order valence-corrected chi connectivity index (χ1v) is 17.1. The fraction of sp³-hybridized carbons (Fsp3) is 0.514. The van der Waals surface area contributed by atoms with E-state index in [1.807, 2.05) is 72.0 Å². The van der Waals surface area contributed by atoms with Crippen molar-refractivity contribution in [3.63, 3.8) is 0 Å². The molecule has 48 heavy (non-hydrogen) atoms. The lowest BCUT2D eigenvalue weighted by atomic mass is 9.89. The normalized spacial score (nSPS) is 14.9. The van der Waals surface area contributed by atoms with Gasteiger partial charge in [0.2, 0.25) is 11.9 Å². The van der Waals surface area contributed by atoms with Crippen LogP contribution >= 0.6 is 0 Å². The molecule has 258 valence electrons. The molecule has 2 aromatic heterocycles. The maximum absolute atomic E-state index is 13.6. The fourth-order valence-corrected chi connectivity index (χ4v) is 6.50. The van der Waals surface area contributed by atoms with E-state index < -0.39 is 17.9 Å². The molecule has 1 aliphatic heterocycles. The van der Waals surface area contributed by atoms with Crippen molar-refractivity contribution >= 4 is 29.0 Å². The van der Waals surface area contributed by atoms with Crippen LogP contribution in [0, 0.1) is 17.7 Å². The van der Waals surface area contributed by atoms with Crippen LogP contribution in [0.15, 0.2) is 65.6 Å². The van der Waals surface area contributed by atoms with Crippen molar-refractivity contribution in [2.75, 3.05) is 36.5 Å². The number of hydrogen-bond donors (Lipinski definition) is 0. The molecule has 2 aromatic carbocycles. The Morgan fingerprint density at radius 1 is 1.04 bits per heavy atom. The smallest absolute Gasteiger partial charge is 0.412 e. The number of hydrogen-bond acceptors (Lipinski definition) is 7. The molecule has 4 aromatic rings. The number of halogens is 1. The number of benzene rings is 2. The number of anilines is 2. The molecule has 1 unspecified atom stereocenters. The summed E-state index contributed by atoms with van der Waals surface area (Å²) in [7, 11) is 1.96. The molecule has 10 nitrogen and oxygen atoms in total. The summed E-state index contributed by atoms with van der Waals surface area (Å²) in [5, 5.41) is 0. The summed E-state index contributed by atoms with van der Waals surface area (Å²) in [4.78, 5) is 42.9. The Kier molecular flexibility index (Phi) is 10.5. The predicted molar refractivity (Wildman–Crippen MR) is 189 cm³/mol. The van der Waals surface area contributed by atoms with Crippen LogP contribution in [0.3, 0.4) is 0 Å². The zero-order chi connectivity index (χ0) is 34.7. The lowest BCUT2D eigenvalue weighted by molar-refractivity contribution is -0.0221. The van der Waals surface area contributed by atoms with Crippen LogP contribution in [-0.4, -0.2) is 68.4 Å². The van der Waals surface area contributed by atoms with Gasteiger partial charge in [0.15, 0.2) is 6.23 Å². The Morgan fingerprint density at radius 2 is 1.71 bits per heavy atom. The number of piperidine rings is 1. The molecule has 0 bridgehead atoms. The number of amides is 1. The van der Waals surface area contributed by atoms with Gasteiger partial charge in [-0.25, -0.2) is 23.7 Å². The molecule has 0 N–H and O–H groups in total. The number of ether oxygens (including phenoxy) is 1. The zero-order valence-electron chi connectivity index (χ0n) is 29.6. The highest BCUT2D eigenvalue weighted by Gasteiger charge is 2.37. The predicted octanol–water partition coefficient (Wildman–Crippen LogP) is 6.93. The molecule has 5 rings (SSSR count). The minimum absolute atomic E-state index is 0.0901. The SMILES string of the molecule is CCN(C(=O)OC(C(C)C)n1c(N(C)C2CCN(c3nc4ccccc4n3Cc3ccc(F)cc3)CC2)nccc1=O)C(C)(C)C(C)C. The second kappa shape index (κ2) is 14.4. The highest BCUT2D eigenvalue weighted by Crippen LogP contribution is 2.31. The van der Waals surface area contributed by atoms with Gasteiger partial charge >= 0.3 is 6.09 Å². The van der Waals surface area contributed by atoms with E-state index in [0.29, 0.717) is 19.0 Å². The van der Waals surface area contributed by atoms with E-state index in [-0.39, 0.29) is 29.3 Å². The number of para-hydroxylation sites is 2. The average molecular weight is 660 g/mol. The molecular formula is C37H50FN7O3. The van der Waals surface area contributed by atoms with Gasteiger partial charge < -0.3 is 24.0 Å². The van der Waals surface area contributed by atoms with E-state index in [0.717, 1.165) is 48.5 Å². The Bertz CT molecular complexity index is 1760. The minimum Gasteiger partial charge on any atom is -0.424 e. The van der Waals surface area contributed by atoms with E-state index in [4.69, 9.17) is 9.72 Å². The Hall–Kier alpha value is -4.41. The standard InChI is InChI=1S/C37H50FN7O3/c1-9-44(37(6,7)26(4)5)36(47)48-33(25(2)3)45-32(46)18-21-39-34(45)41(8)29-19-22-42(23-20-29)35-40-30-12-10-11-13-31(30)43(35)24-27-14-16-28(38)17-15-27/h10-18,21,25-26,29,33H,9,19-20,22-24H2,1-8H3. The third-order valence-electron chi connectivity index (χ3n) is 10.1. The van der Waals surface area contributed by atoms with Crippen molar-refractivity contribution in [1.29, 1.82) is 0 Å². The highest BCUT2D eigenvalue weighted by atomic mass is 19.1. The van der Waals surface area contributed by atoms with E-state index in [1.54, 1.807) is 4.90 Å². The second-order valence-corrected chi connectivity index (χ2v) is 14.0. The van der Waals surface area contributed by atoms with Gasteiger partial charge in [0.1, 0.15) is 5.82 Å². The van der Waals surface area contributed by atoms with E-state index in [2.05, 4.69) is 39.3 Å². The van der Waals surface area contributed by atoms with E-state index in [9.17, 15) is 14.0 Å². The summed E-state index contributed by atoms with van der Waals surface area (Å²) in [6.45, 7) is 16.6. The van der Waals surface area contributed by atoms with Gasteiger partial charge in [0.05, 0.1) is 17.6 Å². The lowest BCUT2D eigenvalue weighted by Crippen LogP contribution is -2.52. The van der Waals surface area contributed by atoms with Crippen molar-refractivity contribution in [3.05, 3.63) is 82.5 Å². The van der Waals surface area contributed by atoms with Gasteiger partial charge in [-0.1, -0.05) is 52.0 Å². The topological polar surface area (TPSA) is 88.7 Å². The molecule has 1 saturated heterocycles. The summed E-state index contributed by atoms with van der Waals surface area (Å²) in [6.07, 6.45) is 1.85. The van der Waals surface area contributed by atoms with Gasteiger partial charge in [-0.2, -0.15) is 0 Å². The summed E-state index contributed by atoms with van der Waals surface area (Å²) < 4.78 is 23.5. The van der Waals surface area contributed by atoms with Crippen LogP contribution in [-0.2, 0) is 11.3 Å². The van der Waals surface area contributed by atoms with E-state index in [1.165, 1.54) is 29.0 Å². The van der Waals surface area contributed by atoms with Crippen molar-refractivity contribution in [2.45, 2.75) is 85.7 Å². The van der Waals surface area contributed by atoms with Crippen LogP contribution in [0.25, 0.3) is 11.0 Å². The van der Waals surface area contributed by atoms with Crippen molar-refractivity contribution < 1.29 is 13.9 Å². The number of carbonyl (C=O) groups excluding carboxylic acids is 1. The minimum atomic E-state index is -0.834. The fourth-order valence-electron chi connectivity index (χ4n) is 6.50. The van der Waals surface area contributed by atoms with E-state index >= 15 is 0 Å². The molecule has 0 radical (unpaired) electrons. The average Bonchev–Trinajstić information content (AvgIpc) is 3.42. The Morgan fingerprint density at radius 3 is 2.33 bits per heavy atom. The number of rotatable bonds is 11. The lowest BCUT2D eigenvalue weighted by Gasteiger charge is -2.42. The van der Waals surface area contributed by atoms with Gasteiger partial charge in [-0.3, -0.25) is 4.79 Å². The third-order valence-corrected chi connectivity index (χ3v) is 10.1.